The number of anilines is 1. The van der Waals surface area contributed by atoms with Crippen molar-refractivity contribution in [1.82, 2.24) is 24.5 Å². The minimum absolute atomic E-state index is 0.184. The Hall–Kier alpha value is -2.28. The number of hydrogen-bond donors (Lipinski definition) is 1. The van der Waals surface area contributed by atoms with Crippen LogP contribution in [0.5, 0.6) is 0 Å². The van der Waals surface area contributed by atoms with Crippen LogP contribution < -0.4 is 5.32 Å². The normalized spacial score (nSPS) is 16.3. The van der Waals surface area contributed by atoms with Crippen LogP contribution in [-0.4, -0.2) is 70.4 Å². The van der Waals surface area contributed by atoms with Gasteiger partial charge in [0.15, 0.2) is 0 Å². The lowest BCUT2D eigenvalue weighted by atomic mass is 10.3. The largest absolute Gasteiger partial charge is 0.379 e. The number of nitrogens with zero attached hydrogens (tertiary/aromatic N) is 5. The SMILES string of the molecule is C=CCn1nnnc1SC(C)C(=O)Nc1ccc(S(=O)(=O)N2CCOCC2)cc1. The molecule has 1 aromatic heterocycles. The smallest absolute Gasteiger partial charge is 0.243 e. The molecule has 1 amide bonds. The maximum absolute atomic E-state index is 12.6. The van der Waals surface area contributed by atoms with E-state index >= 15 is 0 Å². The molecule has 29 heavy (non-hydrogen) atoms. The summed E-state index contributed by atoms with van der Waals surface area (Å²) in [5.74, 6) is -0.244. The lowest BCUT2D eigenvalue weighted by Crippen LogP contribution is -2.40. The summed E-state index contributed by atoms with van der Waals surface area (Å²) in [5.41, 5.74) is 0.508. The van der Waals surface area contributed by atoms with Crippen molar-refractivity contribution in [3.05, 3.63) is 36.9 Å². The molecular formula is C17H22N6O4S2. The average molecular weight is 439 g/mol. The first-order chi connectivity index (χ1) is 13.9. The Morgan fingerprint density at radius 2 is 2.03 bits per heavy atom. The van der Waals surface area contributed by atoms with E-state index in [1.165, 1.54) is 28.2 Å². The van der Waals surface area contributed by atoms with Crippen molar-refractivity contribution in [3.8, 4) is 0 Å². The average Bonchev–Trinajstić information content (AvgIpc) is 3.16. The number of morpholine rings is 1. The summed E-state index contributed by atoms with van der Waals surface area (Å²) >= 11 is 1.22. The fourth-order valence-electron chi connectivity index (χ4n) is 2.62. The highest BCUT2D eigenvalue weighted by molar-refractivity contribution is 8.00. The van der Waals surface area contributed by atoms with Gasteiger partial charge < -0.3 is 10.1 Å². The van der Waals surface area contributed by atoms with Crippen molar-refractivity contribution in [2.45, 2.75) is 28.8 Å². The molecule has 12 heteroatoms. The minimum atomic E-state index is -3.56. The first kappa shape index (κ1) is 21.4. The highest BCUT2D eigenvalue weighted by atomic mass is 32.2. The molecule has 2 aromatic rings. The van der Waals surface area contributed by atoms with E-state index < -0.39 is 15.3 Å². The van der Waals surface area contributed by atoms with Gasteiger partial charge in [0.05, 0.1) is 29.9 Å². The third-order valence-electron chi connectivity index (χ3n) is 4.18. The summed E-state index contributed by atoms with van der Waals surface area (Å²) in [4.78, 5) is 12.7. The van der Waals surface area contributed by atoms with Crippen LogP contribution in [0.25, 0.3) is 0 Å². The van der Waals surface area contributed by atoms with E-state index in [2.05, 4.69) is 27.4 Å². The van der Waals surface area contributed by atoms with E-state index in [0.717, 1.165) is 0 Å². The zero-order valence-corrected chi connectivity index (χ0v) is 17.5. The molecule has 0 bridgehead atoms. The molecule has 156 valence electrons. The number of rotatable bonds is 8. The number of allylic oxidation sites excluding steroid dienone is 1. The Morgan fingerprint density at radius 1 is 1.34 bits per heavy atom. The number of aromatic nitrogens is 4. The lowest BCUT2D eigenvalue weighted by Gasteiger charge is -2.26. The third kappa shape index (κ3) is 5.21. The Morgan fingerprint density at radius 3 is 2.69 bits per heavy atom. The fourth-order valence-corrected chi connectivity index (χ4v) is 4.83. The van der Waals surface area contributed by atoms with Gasteiger partial charge in [0.2, 0.25) is 21.1 Å². The van der Waals surface area contributed by atoms with E-state index in [9.17, 15) is 13.2 Å². The van der Waals surface area contributed by atoms with Crippen LogP contribution in [0.4, 0.5) is 5.69 Å². The number of sulfonamides is 1. The molecule has 0 radical (unpaired) electrons. The molecule has 1 saturated heterocycles. The van der Waals surface area contributed by atoms with Crippen LogP contribution in [-0.2, 0) is 26.1 Å². The molecule has 10 nitrogen and oxygen atoms in total. The quantitative estimate of drug-likeness (QED) is 0.479. The van der Waals surface area contributed by atoms with E-state index in [4.69, 9.17) is 4.74 Å². The van der Waals surface area contributed by atoms with Crippen LogP contribution in [0, 0.1) is 0 Å². The van der Waals surface area contributed by atoms with Crippen molar-refractivity contribution in [2.24, 2.45) is 0 Å². The van der Waals surface area contributed by atoms with Gasteiger partial charge in [0.1, 0.15) is 0 Å². The summed E-state index contributed by atoms with van der Waals surface area (Å²) in [6.07, 6.45) is 1.66. The van der Waals surface area contributed by atoms with Crippen molar-refractivity contribution in [2.75, 3.05) is 31.6 Å². The van der Waals surface area contributed by atoms with E-state index in [1.807, 2.05) is 0 Å². The number of carbonyl (C=O) groups excluding carboxylic acids is 1. The van der Waals surface area contributed by atoms with Gasteiger partial charge in [-0.1, -0.05) is 17.8 Å². The molecule has 1 N–H and O–H groups in total. The van der Waals surface area contributed by atoms with Gasteiger partial charge >= 0.3 is 0 Å². The zero-order valence-electron chi connectivity index (χ0n) is 15.9. The Kier molecular flexibility index (Phi) is 7.00. The zero-order chi connectivity index (χ0) is 20.9. The van der Waals surface area contributed by atoms with Crippen LogP contribution in [0.15, 0.2) is 47.0 Å². The summed E-state index contributed by atoms with van der Waals surface area (Å²) in [6, 6.07) is 6.13. The molecule has 1 fully saturated rings. The number of tetrazole rings is 1. The second-order valence-electron chi connectivity index (χ2n) is 6.22. The number of thioether (sulfide) groups is 1. The molecule has 1 aliphatic heterocycles. The Balaban J connectivity index is 1.62. The third-order valence-corrected chi connectivity index (χ3v) is 7.17. The lowest BCUT2D eigenvalue weighted by molar-refractivity contribution is -0.115. The van der Waals surface area contributed by atoms with E-state index in [1.54, 1.807) is 29.8 Å². The highest BCUT2D eigenvalue weighted by Crippen LogP contribution is 2.23. The fraction of sp³-hybridized carbons (Fsp3) is 0.412. The predicted octanol–water partition coefficient (Wildman–Crippen LogP) is 0.999. The summed E-state index contributed by atoms with van der Waals surface area (Å²) in [6.45, 7) is 7.28. The molecule has 3 rings (SSSR count). The van der Waals surface area contributed by atoms with Crippen molar-refractivity contribution in [3.63, 3.8) is 0 Å². The molecule has 0 spiro atoms. The van der Waals surface area contributed by atoms with Crippen LogP contribution in [0.3, 0.4) is 0 Å². The number of carbonyl (C=O) groups is 1. The van der Waals surface area contributed by atoms with E-state index in [-0.39, 0.29) is 10.8 Å². The second kappa shape index (κ2) is 9.48. The second-order valence-corrected chi connectivity index (χ2v) is 9.47. The first-order valence-electron chi connectivity index (χ1n) is 8.94. The molecule has 0 aliphatic carbocycles. The molecule has 1 atom stereocenters. The standard InChI is InChI=1S/C17H22N6O4S2/c1-3-8-23-17(19-20-21-23)28-13(2)16(24)18-14-4-6-15(7-5-14)29(25,26)22-9-11-27-12-10-22/h3-7,13H,1,8-12H2,2H3,(H,18,24). The Labute approximate surface area is 173 Å². The van der Waals surface area contributed by atoms with Crippen molar-refractivity contribution >= 4 is 33.4 Å². The number of nitrogens with one attached hydrogen (secondary N) is 1. The minimum Gasteiger partial charge on any atom is -0.379 e. The van der Waals surface area contributed by atoms with E-state index in [0.29, 0.717) is 43.7 Å². The molecule has 1 aromatic carbocycles. The number of ether oxygens (including phenoxy) is 1. The monoisotopic (exact) mass is 438 g/mol. The van der Waals surface area contributed by atoms with Gasteiger partial charge in [-0.25, -0.2) is 13.1 Å². The maximum atomic E-state index is 12.6. The molecule has 1 unspecified atom stereocenters. The number of hydrogen-bond acceptors (Lipinski definition) is 8. The van der Waals surface area contributed by atoms with Crippen molar-refractivity contribution in [1.29, 1.82) is 0 Å². The van der Waals surface area contributed by atoms with Gasteiger partial charge in [0.25, 0.3) is 0 Å². The molecular weight excluding hydrogens is 416 g/mol. The summed E-state index contributed by atoms with van der Waals surface area (Å²) in [5, 5.41) is 14.2. The van der Waals surface area contributed by atoms with Crippen LogP contribution in [0.2, 0.25) is 0 Å². The molecule has 0 saturated carbocycles. The van der Waals surface area contributed by atoms with Gasteiger partial charge in [-0.05, 0) is 41.6 Å². The van der Waals surface area contributed by atoms with Crippen molar-refractivity contribution < 1.29 is 17.9 Å². The number of amides is 1. The molecule has 2 heterocycles. The number of benzene rings is 1. The van der Waals surface area contributed by atoms with Gasteiger partial charge in [0, 0.05) is 18.8 Å². The van der Waals surface area contributed by atoms with Crippen LogP contribution >= 0.6 is 11.8 Å². The molecule has 1 aliphatic rings. The van der Waals surface area contributed by atoms with Crippen LogP contribution in [0.1, 0.15) is 6.92 Å². The van der Waals surface area contributed by atoms with Gasteiger partial charge in [-0.15, -0.1) is 11.7 Å². The summed E-state index contributed by atoms with van der Waals surface area (Å²) < 4.78 is 33.4. The topological polar surface area (TPSA) is 119 Å². The Bertz CT molecular complexity index is 955. The van der Waals surface area contributed by atoms with Gasteiger partial charge in [-0.3, -0.25) is 4.79 Å². The highest BCUT2D eigenvalue weighted by Gasteiger charge is 2.26. The van der Waals surface area contributed by atoms with Gasteiger partial charge in [-0.2, -0.15) is 4.31 Å². The maximum Gasteiger partial charge on any atom is 0.243 e. The summed E-state index contributed by atoms with van der Waals surface area (Å²) in [7, 11) is -3.56. The predicted molar refractivity (Wildman–Crippen MR) is 108 cm³/mol. The first-order valence-corrected chi connectivity index (χ1v) is 11.3.